The van der Waals surface area contributed by atoms with Crippen LogP contribution in [0, 0.1) is 5.41 Å². The molecule has 1 spiro atoms. The van der Waals surface area contributed by atoms with E-state index in [1.54, 1.807) is 35.6 Å². The number of amides is 1. The zero-order valence-electron chi connectivity index (χ0n) is 16.6. The molecule has 1 aliphatic carbocycles. The summed E-state index contributed by atoms with van der Waals surface area (Å²) in [4.78, 5) is 26.7. The number of ether oxygens (including phenoxy) is 1. The Kier molecular flexibility index (Phi) is 6.98. The maximum absolute atomic E-state index is 13.1. The molecule has 0 bridgehead atoms. The number of hydrogen-bond donors (Lipinski definition) is 1. The summed E-state index contributed by atoms with van der Waals surface area (Å²) in [6.45, 7) is 4.23. The first kappa shape index (κ1) is 21.8. The van der Waals surface area contributed by atoms with E-state index in [9.17, 15) is 9.59 Å². The van der Waals surface area contributed by atoms with Crippen molar-refractivity contribution in [3.63, 3.8) is 0 Å². The Hall–Kier alpha value is -1.89. The predicted octanol–water partition coefficient (Wildman–Crippen LogP) is 3.92. The maximum Gasteiger partial charge on any atom is 0.261 e. The van der Waals surface area contributed by atoms with E-state index in [0.29, 0.717) is 23.9 Å². The van der Waals surface area contributed by atoms with E-state index in [1.807, 2.05) is 4.90 Å². The minimum absolute atomic E-state index is 0. The smallest absolute Gasteiger partial charge is 0.261 e. The van der Waals surface area contributed by atoms with E-state index >= 15 is 0 Å². The van der Waals surface area contributed by atoms with Crippen LogP contribution in [0.1, 0.15) is 42.1 Å². The highest BCUT2D eigenvalue weighted by molar-refractivity contribution is 7.07. The van der Waals surface area contributed by atoms with Crippen LogP contribution in [0.5, 0.6) is 5.75 Å². The van der Waals surface area contributed by atoms with Crippen molar-refractivity contribution in [2.24, 2.45) is 5.41 Å². The van der Waals surface area contributed by atoms with E-state index in [-0.39, 0.29) is 36.1 Å². The number of carbonyl (C=O) groups excluding carboxylic acids is 2. The lowest BCUT2D eigenvalue weighted by molar-refractivity contribution is -0.135. The van der Waals surface area contributed by atoms with Crippen LogP contribution >= 0.6 is 23.7 Å². The van der Waals surface area contributed by atoms with Gasteiger partial charge in [-0.3, -0.25) is 9.59 Å². The van der Waals surface area contributed by atoms with Crippen molar-refractivity contribution in [1.82, 2.24) is 10.2 Å². The summed E-state index contributed by atoms with van der Waals surface area (Å²) in [6.07, 6.45) is 3.35. The zero-order valence-corrected chi connectivity index (χ0v) is 18.2. The Morgan fingerprint density at radius 1 is 1.28 bits per heavy atom. The third kappa shape index (κ3) is 5.00. The second-order valence-corrected chi connectivity index (χ2v) is 8.64. The molecular weight excluding hydrogens is 408 g/mol. The lowest BCUT2D eigenvalue weighted by Gasteiger charge is -2.29. The lowest BCUT2D eigenvalue weighted by atomic mass is 9.93. The Morgan fingerprint density at radius 3 is 2.76 bits per heavy atom. The van der Waals surface area contributed by atoms with Gasteiger partial charge in [0.15, 0.2) is 12.4 Å². The minimum atomic E-state index is -0.0123. The highest BCUT2D eigenvalue weighted by Gasteiger charge is 2.57. The summed E-state index contributed by atoms with van der Waals surface area (Å²) in [6, 6.07) is 9.41. The van der Waals surface area contributed by atoms with Gasteiger partial charge in [-0.05, 0) is 79.2 Å². The molecule has 2 fully saturated rings. The van der Waals surface area contributed by atoms with E-state index in [4.69, 9.17) is 4.74 Å². The van der Waals surface area contributed by atoms with Crippen LogP contribution < -0.4 is 10.1 Å². The number of rotatable bonds is 7. The highest BCUT2D eigenvalue weighted by atomic mass is 35.5. The van der Waals surface area contributed by atoms with E-state index in [2.05, 4.69) is 22.1 Å². The van der Waals surface area contributed by atoms with E-state index in [0.717, 1.165) is 32.4 Å². The van der Waals surface area contributed by atoms with Crippen LogP contribution in [0.25, 0.3) is 0 Å². The first-order chi connectivity index (χ1) is 13.6. The molecule has 1 N–H and O–H groups in total. The van der Waals surface area contributed by atoms with Gasteiger partial charge in [0.05, 0.1) is 0 Å². The highest BCUT2D eigenvalue weighted by Crippen LogP contribution is 2.56. The average Bonchev–Trinajstić information content (AvgIpc) is 3.13. The molecule has 4 rings (SSSR count). The molecule has 2 heterocycles. The fourth-order valence-corrected chi connectivity index (χ4v) is 4.87. The number of thiophene rings is 1. The molecule has 1 amide bonds. The molecule has 1 aliphatic heterocycles. The van der Waals surface area contributed by atoms with Crippen molar-refractivity contribution >= 4 is 35.4 Å². The van der Waals surface area contributed by atoms with Crippen LogP contribution in [-0.2, 0) is 11.3 Å². The molecule has 2 aliphatic rings. The van der Waals surface area contributed by atoms with Crippen LogP contribution in [0.3, 0.4) is 0 Å². The molecule has 156 valence electrons. The van der Waals surface area contributed by atoms with Crippen molar-refractivity contribution < 1.29 is 14.3 Å². The van der Waals surface area contributed by atoms with Gasteiger partial charge < -0.3 is 15.0 Å². The second-order valence-electron chi connectivity index (χ2n) is 7.86. The van der Waals surface area contributed by atoms with Gasteiger partial charge in [0.25, 0.3) is 5.91 Å². The van der Waals surface area contributed by atoms with Gasteiger partial charge in [-0.1, -0.05) is 12.1 Å². The number of halogens is 1. The van der Waals surface area contributed by atoms with Crippen LogP contribution in [-0.4, -0.2) is 42.3 Å². The van der Waals surface area contributed by atoms with E-state index in [1.165, 1.54) is 12.5 Å². The largest absolute Gasteiger partial charge is 0.484 e. The second kappa shape index (κ2) is 9.28. The standard InChI is InChI=1S/C22H26N2O3S.ClH/c1-16(25)18-3-2-4-19(11-18)27-14-21(26)24(13-17-5-10-28-15-17)20-12-22(20)6-8-23-9-7-22;/h2-5,10-11,15,20,23H,6-9,12-14H2,1H3;1H. The molecule has 1 unspecified atom stereocenters. The molecule has 7 heteroatoms. The summed E-state index contributed by atoms with van der Waals surface area (Å²) in [5.74, 6) is 0.561. The van der Waals surface area contributed by atoms with Gasteiger partial charge in [0, 0.05) is 18.2 Å². The molecule has 1 saturated carbocycles. The Balaban J connectivity index is 0.00000240. The van der Waals surface area contributed by atoms with Gasteiger partial charge in [0.1, 0.15) is 5.75 Å². The summed E-state index contributed by atoms with van der Waals surface area (Å²) in [5.41, 5.74) is 2.05. The van der Waals surface area contributed by atoms with E-state index < -0.39 is 0 Å². The maximum atomic E-state index is 13.1. The fourth-order valence-electron chi connectivity index (χ4n) is 4.21. The van der Waals surface area contributed by atoms with Crippen LogP contribution in [0.4, 0.5) is 0 Å². The number of piperidine rings is 1. The molecule has 1 aromatic heterocycles. The topological polar surface area (TPSA) is 58.6 Å². The number of carbonyl (C=O) groups is 2. The van der Waals surface area contributed by atoms with Gasteiger partial charge in [-0.2, -0.15) is 11.3 Å². The predicted molar refractivity (Wildman–Crippen MR) is 117 cm³/mol. The molecule has 1 atom stereocenters. The molecule has 1 saturated heterocycles. The van der Waals surface area contributed by atoms with Gasteiger partial charge in [-0.25, -0.2) is 0 Å². The molecule has 2 aromatic rings. The molecule has 1 aromatic carbocycles. The first-order valence-electron chi connectivity index (χ1n) is 9.82. The lowest BCUT2D eigenvalue weighted by Crippen LogP contribution is -2.41. The Morgan fingerprint density at radius 2 is 2.07 bits per heavy atom. The molecule has 29 heavy (non-hydrogen) atoms. The Bertz CT molecular complexity index is 850. The van der Waals surface area contributed by atoms with Crippen molar-refractivity contribution in [3.05, 3.63) is 52.2 Å². The normalized spacial score (nSPS) is 19.3. The van der Waals surface area contributed by atoms with Gasteiger partial charge in [0.2, 0.25) is 0 Å². The van der Waals surface area contributed by atoms with Crippen molar-refractivity contribution in [2.45, 2.75) is 38.8 Å². The zero-order chi connectivity index (χ0) is 19.6. The molecule has 5 nitrogen and oxygen atoms in total. The molecular formula is C22H27ClN2O3S. The molecule has 0 radical (unpaired) electrons. The number of ketones is 1. The number of Topliss-reactive ketones (excluding diaryl/α,β-unsaturated/α-hetero) is 1. The van der Waals surface area contributed by atoms with Crippen LogP contribution in [0.15, 0.2) is 41.1 Å². The average molecular weight is 435 g/mol. The SMILES string of the molecule is CC(=O)c1cccc(OCC(=O)N(Cc2ccsc2)C2CC23CCNCC3)c1.Cl. The number of hydrogen-bond acceptors (Lipinski definition) is 5. The third-order valence-corrected chi connectivity index (χ3v) is 6.71. The quantitative estimate of drug-likeness (QED) is 0.671. The third-order valence-electron chi connectivity index (χ3n) is 5.98. The number of benzene rings is 1. The first-order valence-corrected chi connectivity index (χ1v) is 10.8. The van der Waals surface area contributed by atoms with Gasteiger partial charge in [-0.15, -0.1) is 12.4 Å². The van der Waals surface area contributed by atoms with Gasteiger partial charge >= 0.3 is 0 Å². The number of nitrogens with zero attached hydrogens (tertiary/aromatic N) is 1. The summed E-state index contributed by atoms with van der Waals surface area (Å²) >= 11 is 1.66. The summed E-state index contributed by atoms with van der Waals surface area (Å²) in [5, 5.41) is 7.58. The van der Waals surface area contributed by atoms with Crippen molar-refractivity contribution in [1.29, 1.82) is 0 Å². The summed E-state index contributed by atoms with van der Waals surface area (Å²) < 4.78 is 5.76. The minimum Gasteiger partial charge on any atom is -0.484 e. The monoisotopic (exact) mass is 434 g/mol. The van der Waals surface area contributed by atoms with Crippen molar-refractivity contribution in [3.8, 4) is 5.75 Å². The fraction of sp³-hybridized carbons (Fsp3) is 0.455. The Labute approximate surface area is 181 Å². The summed E-state index contributed by atoms with van der Waals surface area (Å²) in [7, 11) is 0. The van der Waals surface area contributed by atoms with Crippen molar-refractivity contribution in [2.75, 3.05) is 19.7 Å². The van der Waals surface area contributed by atoms with Crippen LogP contribution in [0.2, 0.25) is 0 Å². The number of nitrogens with one attached hydrogen (secondary N) is 1.